The van der Waals surface area contributed by atoms with Gasteiger partial charge in [0, 0.05) is 16.1 Å². The third-order valence-corrected chi connectivity index (χ3v) is 4.71. The van der Waals surface area contributed by atoms with E-state index in [1.54, 1.807) is 25.1 Å². The minimum absolute atomic E-state index is 0.178. The summed E-state index contributed by atoms with van der Waals surface area (Å²) in [6.07, 6.45) is 0. The third kappa shape index (κ3) is 4.90. The molecule has 0 aliphatic heterocycles. The fourth-order valence-corrected chi connectivity index (χ4v) is 3.37. The van der Waals surface area contributed by atoms with Gasteiger partial charge in [0.05, 0.1) is 11.3 Å². The molecule has 1 aromatic heterocycles. The van der Waals surface area contributed by atoms with Crippen molar-refractivity contribution < 1.29 is 4.79 Å². The van der Waals surface area contributed by atoms with Crippen LogP contribution < -0.4 is 16.8 Å². The van der Waals surface area contributed by atoms with Gasteiger partial charge in [0.25, 0.3) is 0 Å². The van der Waals surface area contributed by atoms with Crippen molar-refractivity contribution in [3.8, 4) is 0 Å². The zero-order valence-electron chi connectivity index (χ0n) is 13.1. The maximum Gasteiger partial charge on any atom is 0.233 e. The van der Waals surface area contributed by atoms with Crippen molar-refractivity contribution in [2.75, 3.05) is 11.5 Å². The summed E-state index contributed by atoms with van der Waals surface area (Å²) in [5.74, 6) is 0.348. The molecule has 0 bridgehead atoms. The van der Waals surface area contributed by atoms with E-state index in [9.17, 15) is 4.79 Å². The number of nitrogens with zero attached hydrogens (tertiary/aromatic N) is 2. The summed E-state index contributed by atoms with van der Waals surface area (Å²) in [4.78, 5) is 20.5. The number of carbonyl (C=O) groups excluding carboxylic acids is 1. The van der Waals surface area contributed by atoms with E-state index >= 15 is 0 Å². The zero-order chi connectivity index (χ0) is 17.9. The van der Waals surface area contributed by atoms with E-state index in [-0.39, 0.29) is 23.6 Å². The average Bonchev–Trinajstić information content (AvgIpc) is 2.45. The number of nitrogen functional groups attached to an aromatic ring is 2. The van der Waals surface area contributed by atoms with E-state index in [0.717, 1.165) is 5.56 Å². The summed E-state index contributed by atoms with van der Waals surface area (Å²) >= 11 is 13.2. The first-order chi connectivity index (χ1) is 11.3. The van der Waals surface area contributed by atoms with Crippen LogP contribution in [-0.2, 0) is 4.79 Å². The number of amides is 1. The summed E-state index contributed by atoms with van der Waals surface area (Å²) in [5.41, 5.74) is 12.0. The normalized spacial score (nSPS) is 13.3. The second-order valence-electron chi connectivity index (χ2n) is 5.16. The van der Waals surface area contributed by atoms with Crippen LogP contribution in [0.4, 0.5) is 11.6 Å². The summed E-state index contributed by atoms with van der Waals surface area (Å²) in [6, 6.07) is 6.35. The van der Waals surface area contributed by atoms with Crippen molar-refractivity contribution >= 4 is 52.5 Å². The van der Waals surface area contributed by atoms with Crippen LogP contribution in [0.5, 0.6) is 0 Å². The van der Waals surface area contributed by atoms with E-state index in [1.807, 2.05) is 6.92 Å². The Bertz CT molecular complexity index is 738. The van der Waals surface area contributed by atoms with Crippen LogP contribution in [0.25, 0.3) is 0 Å². The fraction of sp³-hybridized carbons (Fsp3) is 0.267. The van der Waals surface area contributed by atoms with Crippen LogP contribution >= 0.6 is 35.0 Å². The summed E-state index contributed by atoms with van der Waals surface area (Å²) in [7, 11) is 0. The molecule has 5 N–H and O–H groups in total. The van der Waals surface area contributed by atoms with Gasteiger partial charge >= 0.3 is 0 Å². The number of thioether (sulfide) groups is 1. The first kappa shape index (κ1) is 18.6. The van der Waals surface area contributed by atoms with E-state index in [1.165, 1.54) is 17.8 Å². The molecule has 9 heteroatoms. The van der Waals surface area contributed by atoms with Crippen LogP contribution in [0.2, 0.25) is 10.0 Å². The molecule has 0 aliphatic carbocycles. The number of hydrogen-bond acceptors (Lipinski definition) is 6. The van der Waals surface area contributed by atoms with E-state index < -0.39 is 5.25 Å². The number of halogens is 2. The average molecular weight is 386 g/mol. The van der Waals surface area contributed by atoms with E-state index in [0.29, 0.717) is 15.2 Å². The van der Waals surface area contributed by atoms with Gasteiger partial charge in [-0.05, 0) is 31.5 Å². The lowest BCUT2D eigenvalue weighted by molar-refractivity contribution is -0.120. The molecule has 1 heterocycles. The highest BCUT2D eigenvalue weighted by molar-refractivity contribution is 8.00. The van der Waals surface area contributed by atoms with Crippen molar-refractivity contribution in [1.82, 2.24) is 15.3 Å². The zero-order valence-corrected chi connectivity index (χ0v) is 15.4. The van der Waals surface area contributed by atoms with Gasteiger partial charge in [0.15, 0.2) is 5.16 Å². The van der Waals surface area contributed by atoms with Crippen molar-refractivity contribution in [3.05, 3.63) is 39.9 Å². The molecule has 1 aromatic carbocycles. The topological polar surface area (TPSA) is 107 Å². The Kier molecular flexibility index (Phi) is 6.15. The molecule has 128 valence electrons. The summed E-state index contributed by atoms with van der Waals surface area (Å²) in [5, 5.41) is 3.87. The third-order valence-electron chi connectivity index (χ3n) is 3.18. The largest absolute Gasteiger partial charge is 0.383 e. The monoisotopic (exact) mass is 385 g/mol. The minimum Gasteiger partial charge on any atom is -0.383 e. The Morgan fingerprint density at radius 3 is 2.38 bits per heavy atom. The highest BCUT2D eigenvalue weighted by Gasteiger charge is 2.20. The number of nitrogens with one attached hydrogen (secondary N) is 1. The molecule has 0 aliphatic rings. The van der Waals surface area contributed by atoms with Crippen LogP contribution in [0.1, 0.15) is 25.5 Å². The smallest absolute Gasteiger partial charge is 0.233 e. The van der Waals surface area contributed by atoms with Gasteiger partial charge in [-0.2, -0.15) is 0 Å². The standard InChI is InChI=1S/C15H17Cl2N5OS/c1-7(10-4-3-9(16)5-11(10)17)20-14(23)8(2)24-15-21-12(18)6-13(19)22-15/h3-8H,1-2H3,(H,20,23)(H4,18,19,21,22)/t7-,8-/m1/s1. The lowest BCUT2D eigenvalue weighted by Crippen LogP contribution is -2.33. The summed E-state index contributed by atoms with van der Waals surface area (Å²) in [6.45, 7) is 3.60. The van der Waals surface area contributed by atoms with Crippen LogP contribution in [0.3, 0.4) is 0 Å². The Hall–Kier alpha value is -1.70. The number of rotatable bonds is 5. The highest BCUT2D eigenvalue weighted by atomic mass is 35.5. The molecule has 1 amide bonds. The van der Waals surface area contributed by atoms with Gasteiger partial charge in [-0.25, -0.2) is 9.97 Å². The van der Waals surface area contributed by atoms with E-state index in [2.05, 4.69) is 15.3 Å². The first-order valence-electron chi connectivity index (χ1n) is 7.08. The Labute approximate surface area is 154 Å². The maximum atomic E-state index is 12.4. The van der Waals surface area contributed by atoms with Crippen molar-refractivity contribution in [1.29, 1.82) is 0 Å². The molecule has 24 heavy (non-hydrogen) atoms. The lowest BCUT2D eigenvalue weighted by atomic mass is 10.1. The molecule has 0 spiro atoms. The van der Waals surface area contributed by atoms with Crippen molar-refractivity contribution in [2.45, 2.75) is 30.3 Å². The van der Waals surface area contributed by atoms with Crippen LogP contribution in [0, 0.1) is 0 Å². The lowest BCUT2D eigenvalue weighted by Gasteiger charge is -2.18. The predicted octanol–water partition coefficient (Wildman–Crippen LogP) is 3.31. The second kappa shape index (κ2) is 7.92. The van der Waals surface area contributed by atoms with Gasteiger partial charge in [-0.15, -0.1) is 0 Å². The molecule has 0 radical (unpaired) electrons. The molecule has 0 unspecified atom stereocenters. The van der Waals surface area contributed by atoms with Crippen LogP contribution in [-0.4, -0.2) is 21.1 Å². The number of carbonyl (C=O) groups is 1. The Morgan fingerprint density at radius 2 is 1.79 bits per heavy atom. The first-order valence-corrected chi connectivity index (χ1v) is 8.72. The fourth-order valence-electron chi connectivity index (χ4n) is 1.99. The maximum absolute atomic E-state index is 12.4. The number of hydrogen-bond donors (Lipinski definition) is 3. The molecular weight excluding hydrogens is 369 g/mol. The number of benzene rings is 1. The van der Waals surface area contributed by atoms with Gasteiger partial charge in [0.1, 0.15) is 11.6 Å². The predicted molar refractivity (Wildman–Crippen MR) is 99.2 cm³/mol. The van der Waals surface area contributed by atoms with Crippen molar-refractivity contribution in [2.24, 2.45) is 0 Å². The van der Waals surface area contributed by atoms with Crippen molar-refractivity contribution in [3.63, 3.8) is 0 Å². The molecule has 2 rings (SSSR count). The van der Waals surface area contributed by atoms with Gasteiger partial charge in [-0.3, -0.25) is 4.79 Å². The van der Waals surface area contributed by atoms with E-state index in [4.69, 9.17) is 34.7 Å². The van der Waals surface area contributed by atoms with Gasteiger partial charge < -0.3 is 16.8 Å². The SMILES string of the molecule is C[C@@H](Sc1nc(N)cc(N)n1)C(=O)N[C@H](C)c1ccc(Cl)cc1Cl. The molecule has 6 nitrogen and oxygen atoms in total. The quantitative estimate of drug-likeness (QED) is 0.538. The molecule has 2 aromatic rings. The van der Waals surface area contributed by atoms with Crippen LogP contribution in [0.15, 0.2) is 29.4 Å². The molecule has 2 atom stereocenters. The number of anilines is 2. The summed E-state index contributed by atoms with van der Waals surface area (Å²) < 4.78 is 0. The molecule has 0 fully saturated rings. The highest BCUT2D eigenvalue weighted by Crippen LogP contribution is 2.27. The molecular formula is C15H17Cl2N5OS. The number of aromatic nitrogens is 2. The minimum atomic E-state index is -0.431. The van der Waals surface area contributed by atoms with Gasteiger partial charge in [-0.1, -0.05) is 41.0 Å². The molecule has 0 saturated heterocycles. The number of nitrogens with two attached hydrogens (primary N) is 2. The second-order valence-corrected chi connectivity index (χ2v) is 7.31. The Balaban J connectivity index is 2.02. The molecule has 0 saturated carbocycles. The Morgan fingerprint density at radius 1 is 1.17 bits per heavy atom. The van der Waals surface area contributed by atoms with Gasteiger partial charge in [0.2, 0.25) is 5.91 Å².